The zero-order valence-electron chi connectivity index (χ0n) is 32.7. The lowest BCUT2D eigenvalue weighted by atomic mass is 9.53. The van der Waals surface area contributed by atoms with E-state index >= 15 is 0 Å². The molecule has 292 valence electrons. The molecular weight excluding hydrogens is 666 g/mol. The second-order valence-electron chi connectivity index (χ2n) is 17.8. The van der Waals surface area contributed by atoms with E-state index < -0.39 is 28.3 Å². The van der Waals surface area contributed by atoms with Gasteiger partial charge in [0.2, 0.25) is 17.7 Å². The summed E-state index contributed by atoms with van der Waals surface area (Å²) in [6.45, 7) is 14.5. The summed E-state index contributed by atoms with van der Waals surface area (Å²) in [5.74, 6) is -0.842. The Balaban J connectivity index is 1.04. The third-order valence-corrected chi connectivity index (χ3v) is 12.8. The van der Waals surface area contributed by atoms with Crippen LogP contribution in [0.2, 0.25) is 0 Å². The molecule has 0 radical (unpaired) electrons. The first-order valence-electron chi connectivity index (χ1n) is 19.5. The molecule has 7 atom stereocenters. The Hall–Kier alpha value is -2.83. The fourth-order valence-electron chi connectivity index (χ4n) is 9.06. The topological polar surface area (TPSA) is 165 Å². The van der Waals surface area contributed by atoms with Crippen LogP contribution in [0.15, 0.2) is 11.6 Å². The second kappa shape index (κ2) is 15.5. The van der Waals surface area contributed by atoms with Crippen molar-refractivity contribution in [3.05, 3.63) is 11.6 Å². The molecule has 4 saturated carbocycles. The van der Waals surface area contributed by atoms with E-state index in [1.807, 2.05) is 0 Å². The lowest BCUT2D eigenvalue weighted by molar-refractivity contribution is -0.153. The molecular formula is C40H63N3O9. The van der Waals surface area contributed by atoms with Gasteiger partial charge >= 0.3 is 5.97 Å². The predicted octanol–water partition coefficient (Wildman–Crippen LogP) is 4.47. The number of hydrogen-bond acceptors (Lipinski definition) is 9. The summed E-state index contributed by atoms with van der Waals surface area (Å²) in [7, 11) is 1.73. The number of carbonyl (C=O) groups excluding carboxylic acids is 5. The van der Waals surface area contributed by atoms with Crippen molar-refractivity contribution in [3.63, 3.8) is 0 Å². The minimum atomic E-state index is -0.836. The number of hydrogen-bond donors (Lipinski definition) is 3. The molecule has 6 rings (SSSR count). The number of amides is 3. The molecule has 1 spiro atoms. The van der Waals surface area contributed by atoms with Crippen LogP contribution in [-0.2, 0) is 42.9 Å². The summed E-state index contributed by atoms with van der Waals surface area (Å²) in [5.41, 5.74) is -0.811. The molecule has 52 heavy (non-hydrogen) atoms. The van der Waals surface area contributed by atoms with Crippen molar-refractivity contribution >= 4 is 29.5 Å². The van der Waals surface area contributed by atoms with Crippen molar-refractivity contribution in [1.82, 2.24) is 16.0 Å². The summed E-state index contributed by atoms with van der Waals surface area (Å²) in [6, 6.07) is -0.969. The van der Waals surface area contributed by atoms with Gasteiger partial charge < -0.3 is 34.9 Å². The standard InChI is InChI=1S/C40H63N3O9/c1-25(2)10-12-29-37(7,52-29)32-31(49-8)27(14-15-40(32)24-51-40)43-35(48)39-19-16-38(17-20-39,18-21-39)34(47)41-22-9-23-50-33(46)26(3)42-30(45)13-11-28(44)36(4,5)6/h10,26-27,29,31-32H,9,11-24H2,1-8H3,(H,41,47)(H,42,45)(H,43,48)/t26-,27+,29+,31+,32+,37-,38?,39?,40-/m0/s1. The lowest BCUT2D eigenvalue weighted by Crippen LogP contribution is -2.62. The molecule has 3 amide bonds. The Morgan fingerprint density at radius 3 is 2.12 bits per heavy atom. The molecule has 12 nitrogen and oxygen atoms in total. The molecule has 0 aromatic heterocycles. The molecule has 2 heterocycles. The van der Waals surface area contributed by atoms with Crippen molar-refractivity contribution in [1.29, 1.82) is 0 Å². The molecule has 0 unspecified atom stereocenters. The van der Waals surface area contributed by atoms with Crippen molar-refractivity contribution in [3.8, 4) is 0 Å². The Morgan fingerprint density at radius 1 is 0.942 bits per heavy atom. The van der Waals surface area contributed by atoms with Crippen molar-refractivity contribution in [2.24, 2.45) is 22.2 Å². The number of methoxy groups -OCH3 is 1. The smallest absolute Gasteiger partial charge is 0.328 e. The molecule has 2 bridgehead atoms. The van der Waals surface area contributed by atoms with Crippen LogP contribution in [0.1, 0.15) is 126 Å². The van der Waals surface area contributed by atoms with Crippen LogP contribution in [0.3, 0.4) is 0 Å². The average Bonchev–Trinajstić information content (AvgIpc) is 4.03. The van der Waals surface area contributed by atoms with Crippen LogP contribution in [0.25, 0.3) is 0 Å². The van der Waals surface area contributed by atoms with E-state index in [0.29, 0.717) is 58.1 Å². The van der Waals surface area contributed by atoms with Gasteiger partial charge in [-0.3, -0.25) is 19.2 Å². The van der Waals surface area contributed by atoms with Crippen LogP contribution in [0.5, 0.6) is 0 Å². The fraction of sp³-hybridized carbons (Fsp3) is 0.825. The summed E-state index contributed by atoms with van der Waals surface area (Å²) >= 11 is 0. The largest absolute Gasteiger partial charge is 0.464 e. The van der Waals surface area contributed by atoms with E-state index in [-0.39, 0.29) is 78.3 Å². The van der Waals surface area contributed by atoms with E-state index in [1.165, 1.54) is 5.57 Å². The van der Waals surface area contributed by atoms with Crippen LogP contribution >= 0.6 is 0 Å². The van der Waals surface area contributed by atoms with Crippen molar-refractivity contribution < 1.29 is 42.9 Å². The Labute approximate surface area is 309 Å². The number of esters is 1. The van der Waals surface area contributed by atoms with E-state index in [1.54, 1.807) is 34.8 Å². The highest BCUT2D eigenvalue weighted by Gasteiger charge is 2.72. The second-order valence-corrected chi connectivity index (χ2v) is 17.8. The highest BCUT2D eigenvalue weighted by Crippen LogP contribution is 2.60. The number of ketones is 1. The van der Waals surface area contributed by atoms with E-state index in [2.05, 4.69) is 42.8 Å². The molecule has 4 aliphatic carbocycles. The van der Waals surface area contributed by atoms with E-state index in [9.17, 15) is 24.0 Å². The maximum atomic E-state index is 14.1. The summed E-state index contributed by atoms with van der Waals surface area (Å²) < 4.78 is 23.9. The number of carbonyl (C=O) groups is 5. The van der Waals surface area contributed by atoms with Gasteiger partial charge in [0.15, 0.2) is 0 Å². The number of epoxide rings is 2. The third-order valence-electron chi connectivity index (χ3n) is 12.8. The normalized spacial score (nSPS) is 35.2. The van der Waals surface area contributed by atoms with E-state index in [4.69, 9.17) is 18.9 Å². The Kier molecular flexibility index (Phi) is 12.0. The molecule has 0 aromatic rings. The van der Waals surface area contributed by atoms with Gasteiger partial charge in [-0.05, 0) is 91.9 Å². The van der Waals surface area contributed by atoms with Gasteiger partial charge in [0, 0.05) is 48.7 Å². The third kappa shape index (κ3) is 8.59. The molecule has 6 fully saturated rings. The van der Waals surface area contributed by atoms with Gasteiger partial charge in [0.25, 0.3) is 0 Å². The number of allylic oxidation sites excluding steroid dienone is 1. The zero-order valence-corrected chi connectivity index (χ0v) is 32.7. The monoisotopic (exact) mass is 729 g/mol. The molecule has 6 aliphatic rings. The maximum Gasteiger partial charge on any atom is 0.328 e. The number of nitrogens with one attached hydrogen (secondary N) is 3. The van der Waals surface area contributed by atoms with Gasteiger partial charge in [-0.1, -0.05) is 32.4 Å². The van der Waals surface area contributed by atoms with Gasteiger partial charge in [-0.25, -0.2) is 4.79 Å². The predicted molar refractivity (Wildman–Crippen MR) is 194 cm³/mol. The van der Waals surface area contributed by atoms with Crippen LogP contribution in [0.4, 0.5) is 0 Å². The van der Waals surface area contributed by atoms with Crippen molar-refractivity contribution in [2.75, 3.05) is 26.9 Å². The summed E-state index contributed by atoms with van der Waals surface area (Å²) in [6.07, 6.45) is 9.20. The number of fused-ring (bicyclic) bond motifs is 3. The maximum absolute atomic E-state index is 14.1. The first-order valence-corrected chi connectivity index (χ1v) is 19.5. The Morgan fingerprint density at radius 2 is 1.56 bits per heavy atom. The highest BCUT2D eigenvalue weighted by atomic mass is 16.6. The molecule has 12 heteroatoms. The van der Waals surface area contributed by atoms with Crippen LogP contribution in [-0.4, -0.2) is 91.8 Å². The summed E-state index contributed by atoms with van der Waals surface area (Å²) in [4.78, 5) is 64.1. The first kappa shape index (κ1) is 40.4. The molecule has 0 aromatic carbocycles. The van der Waals surface area contributed by atoms with Crippen LogP contribution < -0.4 is 16.0 Å². The van der Waals surface area contributed by atoms with Gasteiger partial charge in [0.05, 0.1) is 37.1 Å². The van der Waals surface area contributed by atoms with Gasteiger partial charge in [0.1, 0.15) is 17.4 Å². The van der Waals surface area contributed by atoms with E-state index in [0.717, 1.165) is 19.3 Å². The first-order chi connectivity index (χ1) is 24.4. The quantitative estimate of drug-likeness (QED) is 0.0900. The molecule has 2 saturated heterocycles. The number of rotatable bonds is 16. The Bertz CT molecular complexity index is 1390. The lowest BCUT2D eigenvalue weighted by Gasteiger charge is -2.52. The van der Waals surface area contributed by atoms with Gasteiger partial charge in [-0.2, -0.15) is 0 Å². The average molecular weight is 730 g/mol. The highest BCUT2D eigenvalue weighted by molar-refractivity contribution is 5.90. The summed E-state index contributed by atoms with van der Waals surface area (Å²) in [5, 5.41) is 9.07. The zero-order chi connectivity index (χ0) is 38.1. The molecule has 3 N–H and O–H groups in total. The number of ether oxygens (including phenoxy) is 4. The van der Waals surface area contributed by atoms with Gasteiger partial charge in [-0.15, -0.1) is 0 Å². The van der Waals surface area contributed by atoms with Crippen molar-refractivity contribution in [2.45, 2.75) is 161 Å². The minimum Gasteiger partial charge on any atom is -0.464 e. The number of Topliss-reactive ketones (excluding diaryl/α,β-unsaturated/α-hetero) is 1. The van der Waals surface area contributed by atoms with Crippen LogP contribution in [0, 0.1) is 22.2 Å². The fourth-order valence-corrected chi connectivity index (χ4v) is 9.06. The SMILES string of the molecule is CO[C@@H]1[C@H](NC(=O)C23CCC(C(=O)NCCCOC(=O)[C@H](C)NC(=O)CCC(=O)C(C)(C)C)(CC2)CC3)CC[C@]2(CO2)[C@H]1[C@@]1(C)O[C@@H]1CC=C(C)C. The molecule has 2 aliphatic heterocycles. The minimum absolute atomic E-state index is 0.00242.